The minimum Gasteiger partial charge on any atom is -0.497 e. The normalized spacial score (nSPS) is 10.6. The van der Waals surface area contributed by atoms with Crippen molar-refractivity contribution in [3.05, 3.63) is 53.8 Å². The summed E-state index contributed by atoms with van der Waals surface area (Å²) in [7, 11) is 3.20. The van der Waals surface area contributed by atoms with E-state index in [-0.39, 0.29) is 5.82 Å². The van der Waals surface area contributed by atoms with Crippen molar-refractivity contribution in [3.8, 4) is 22.9 Å². The van der Waals surface area contributed by atoms with Crippen LogP contribution in [0.3, 0.4) is 0 Å². The molecule has 2 aromatic carbocycles. The molecule has 0 aliphatic heterocycles. The Bertz CT molecular complexity index is 821. The van der Waals surface area contributed by atoms with Crippen LogP contribution < -0.4 is 9.47 Å². The second-order valence-corrected chi connectivity index (χ2v) is 5.89. The van der Waals surface area contributed by atoms with Gasteiger partial charge in [0.15, 0.2) is 5.82 Å². The number of aromatic amines is 1. The molecule has 0 spiro atoms. The zero-order chi connectivity index (χ0) is 16.9. The number of ether oxygens (including phenoxy) is 2. The van der Waals surface area contributed by atoms with Crippen LogP contribution in [0.5, 0.6) is 11.5 Å². The average Bonchev–Trinajstić information content (AvgIpc) is 3.09. The molecular formula is C17H16FN3O2S. The number of thioether (sulfide) groups is 1. The van der Waals surface area contributed by atoms with Gasteiger partial charge in [0.2, 0.25) is 5.16 Å². The van der Waals surface area contributed by atoms with Crippen LogP contribution in [0.4, 0.5) is 4.39 Å². The molecule has 0 aliphatic rings. The Morgan fingerprint density at radius 3 is 2.58 bits per heavy atom. The van der Waals surface area contributed by atoms with Gasteiger partial charge in [-0.05, 0) is 29.8 Å². The first-order chi connectivity index (χ1) is 11.7. The monoisotopic (exact) mass is 345 g/mol. The lowest BCUT2D eigenvalue weighted by Crippen LogP contribution is -1.91. The molecule has 7 heteroatoms. The Balaban J connectivity index is 1.74. The SMILES string of the molecule is COc1ccc(-c2nc(SCc3ccc(F)cc3)n[nH]2)c(OC)c1. The highest BCUT2D eigenvalue weighted by atomic mass is 32.2. The van der Waals surface area contributed by atoms with Crippen LogP contribution in [-0.4, -0.2) is 29.4 Å². The van der Waals surface area contributed by atoms with Crippen LogP contribution in [0.1, 0.15) is 5.56 Å². The van der Waals surface area contributed by atoms with Gasteiger partial charge in [-0.2, -0.15) is 0 Å². The zero-order valence-corrected chi connectivity index (χ0v) is 14.1. The van der Waals surface area contributed by atoms with Crippen LogP contribution in [-0.2, 0) is 5.75 Å². The van der Waals surface area contributed by atoms with Crippen molar-refractivity contribution in [2.24, 2.45) is 0 Å². The van der Waals surface area contributed by atoms with Gasteiger partial charge in [-0.3, -0.25) is 5.10 Å². The lowest BCUT2D eigenvalue weighted by Gasteiger charge is -2.07. The fourth-order valence-corrected chi connectivity index (χ4v) is 2.91. The first-order valence-corrected chi connectivity index (χ1v) is 8.20. The van der Waals surface area contributed by atoms with E-state index in [2.05, 4.69) is 15.2 Å². The second-order valence-electron chi connectivity index (χ2n) is 4.95. The Hall–Kier alpha value is -2.54. The zero-order valence-electron chi connectivity index (χ0n) is 13.2. The topological polar surface area (TPSA) is 60.0 Å². The molecule has 0 fully saturated rings. The van der Waals surface area contributed by atoms with Gasteiger partial charge in [-0.15, -0.1) is 5.10 Å². The number of methoxy groups -OCH3 is 2. The molecule has 0 saturated heterocycles. The lowest BCUT2D eigenvalue weighted by atomic mass is 10.2. The molecular weight excluding hydrogens is 329 g/mol. The van der Waals surface area contributed by atoms with E-state index in [1.54, 1.807) is 32.4 Å². The first-order valence-electron chi connectivity index (χ1n) is 7.21. The smallest absolute Gasteiger partial charge is 0.209 e. The van der Waals surface area contributed by atoms with Crippen LogP contribution in [0.2, 0.25) is 0 Å². The van der Waals surface area contributed by atoms with Crippen LogP contribution in [0.25, 0.3) is 11.4 Å². The summed E-state index contributed by atoms with van der Waals surface area (Å²) < 4.78 is 23.5. The Labute approximate surface area is 143 Å². The average molecular weight is 345 g/mol. The highest BCUT2D eigenvalue weighted by Gasteiger charge is 2.12. The van der Waals surface area contributed by atoms with Crippen LogP contribution >= 0.6 is 11.8 Å². The minimum absolute atomic E-state index is 0.240. The minimum atomic E-state index is -0.240. The maximum Gasteiger partial charge on any atom is 0.209 e. The molecule has 0 atom stereocenters. The van der Waals surface area contributed by atoms with Crippen molar-refractivity contribution in [3.63, 3.8) is 0 Å². The van der Waals surface area contributed by atoms with Gasteiger partial charge in [0.1, 0.15) is 17.3 Å². The number of hydrogen-bond acceptors (Lipinski definition) is 5. The number of H-pyrrole nitrogens is 1. The van der Waals surface area contributed by atoms with Crippen molar-refractivity contribution in [1.29, 1.82) is 0 Å². The van der Waals surface area contributed by atoms with Gasteiger partial charge in [0, 0.05) is 11.8 Å². The van der Waals surface area contributed by atoms with E-state index in [4.69, 9.17) is 9.47 Å². The molecule has 0 saturated carbocycles. The number of nitrogens with one attached hydrogen (secondary N) is 1. The largest absolute Gasteiger partial charge is 0.497 e. The second kappa shape index (κ2) is 7.35. The molecule has 1 N–H and O–H groups in total. The van der Waals surface area contributed by atoms with Crippen molar-refractivity contribution < 1.29 is 13.9 Å². The molecule has 3 aromatic rings. The number of nitrogens with zero attached hydrogens (tertiary/aromatic N) is 2. The molecule has 1 aromatic heterocycles. The van der Waals surface area contributed by atoms with Gasteiger partial charge in [0.25, 0.3) is 0 Å². The molecule has 0 unspecified atom stereocenters. The highest BCUT2D eigenvalue weighted by molar-refractivity contribution is 7.98. The molecule has 0 radical (unpaired) electrons. The fourth-order valence-electron chi connectivity index (χ4n) is 2.15. The Kier molecular flexibility index (Phi) is 5.00. The standard InChI is InChI=1S/C17H16FN3O2S/c1-22-13-7-8-14(15(9-13)23-2)16-19-17(21-20-16)24-10-11-3-5-12(18)6-4-11/h3-9H,10H2,1-2H3,(H,19,20,21). The van der Waals surface area contributed by atoms with E-state index < -0.39 is 0 Å². The van der Waals surface area contributed by atoms with E-state index in [1.807, 2.05) is 12.1 Å². The highest BCUT2D eigenvalue weighted by Crippen LogP contribution is 2.32. The van der Waals surface area contributed by atoms with Gasteiger partial charge >= 0.3 is 0 Å². The number of halogens is 1. The van der Waals surface area contributed by atoms with Crippen molar-refractivity contribution in [2.45, 2.75) is 10.9 Å². The van der Waals surface area contributed by atoms with Crippen molar-refractivity contribution >= 4 is 11.8 Å². The van der Waals surface area contributed by atoms with Crippen LogP contribution in [0.15, 0.2) is 47.6 Å². The Morgan fingerprint density at radius 1 is 1.08 bits per heavy atom. The summed E-state index contributed by atoms with van der Waals surface area (Å²) in [6, 6.07) is 11.9. The van der Waals surface area contributed by atoms with Gasteiger partial charge in [0.05, 0.1) is 19.8 Å². The summed E-state index contributed by atoms with van der Waals surface area (Å²) in [5, 5.41) is 7.74. The van der Waals surface area contributed by atoms with E-state index in [1.165, 1.54) is 23.9 Å². The van der Waals surface area contributed by atoms with E-state index in [0.29, 0.717) is 28.2 Å². The number of hydrogen-bond donors (Lipinski definition) is 1. The maximum absolute atomic E-state index is 12.9. The molecule has 3 rings (SSSR count). The predicted octanol–water partition coefficient (Wildman–Crippen LogP) is 3.92. The maximum atomic E-state index is 12.9. The predicted molar refractivity (Wildman–Crippen MR) is 90.9 cm³/mol. The Morgan fingerprint density at radius 2 is 1.88 bits per heavy atom. The summed E-state index contributed by atoms with van der Waals surface area (Å²) in [6.45, 7) is 0. The fraction of sp³-hybridized carbons (Fsp3) is 0.176. The van der Waals surface area contributed by atoms with Crippen molar-refractivity contribution in [1.82, 2.24) is 15.2 Å². The number of benzene rings is 2. The van der Waals surface area contributed by atoms with E-state index >= 15 is 0 Å². The quantitative estimate of drug-likeness (QED) is 0.686. The molecule has 5 nitrogen and oxygen atoms in total. The summed E-state index contributed by atoms with van der Waals surface area (Å²) in [5.41, 5.74) is 1.81. The summed E-state index contributed by atoms with van der Waals surface area (Å²) in [6.07, 6.45) is 0. The van der Waals surface area contributed by atoms with Crippen molar-refractivity contribution in [2.75, 3.05) is 14.2 Å². The van der Waals surface area contributed by atoms with E-state index in [0.717, 1.165) is 11.1 Å². The van der Waals surface area contributed by atoms with Gasteiger partial charge in [-0.25, -0.2) is 9.37 Å². The lowest BCUT2D eigenvalue weighted by molar-refractivity contribution is 0.395. The summed E-state index contributed by atoms with van der Waals surface area (Å²) >= 11 is 1.47. The van der Waals surface area contributed by atoms with Crippen LogP contribution in [0, 0.1) is 5.82 Å². The van der Waals surface area contributed by atoms with Gasteiger partial charge < -0.3 is 9.47 Å². The third kappa shape index (κ3) is 3.68. The first kappa shape index (κ1) is 16.3. The molecule has 124 valence electrons. The molecule has 0 bridgehead atoms. The third-order valence-electron chi connectivity index (χ3n) is 3.41. The summed E-state index contributed by atoms with van der Waals surface area (Å²) in [4.78, 5) is 4.48. The third-order valence-corrected chi connectivity index (χ3v) is 4.33. The van der Waals surface area contributed by atoms with E-state index in [9.17, 15) is 4.39 Å². The van der Waals surface area contributed by atoms with Gasteiger partial charge in [-0.1, -0.05) is 23.9 Å². The summed E-state index contributed by atoms with van der Waals surface area (Å²) in [5.74, 6) is 2.41. The number of rotatable bonds is 6. The molecule has 0 amide bonds. The molecule has 0 aliphatic carbocycles. The number of aromatic nitrogens is 3. The molecule has 24 heavy (non-hydrogen) atoms. The molecule has 1 heterocycles.